The minimum atomic E-state index is -0.762. The zero-order valence-electron chi connectivity index (χ0n) is 14.8. The third-order valence-corrected chi connectivity index (χ3v) is 4.23. The summed E-state index contributed by atoms with van der Waals surface area (Å²) in [4.78, 5) is 28.2. The van der Waals surface area contributed by atoms with Crippen molar-refractivity contribution in [2.24, 2.45) is 18.7 Å². The van der Waals surface area contributed by atoms with Gasteiger partial charge in [-0.05, 0) is 12.3 Å². The van der Waals surface area contributed by atoms with Gasteiger partial charge in [-0.15, -0.1) is 0 Å². The highest BCUT2D eigenvalue weighted by Crippen LogP contribution is 2.32. The van der Waals surface area contributed by atoms with E-state index in [4.69, 9.17) is 5.73 Å². The number of nitrogens with two attached hydrogens (primary N) is 1. The largest absolute Gasteiger partial charge is 0.368 e. The van der Waals surface area contributed by atoms with Gasteiger partial charge in [-0.1, -0.05) is 13.8 Å². The molecule has 0 radical (unpaired) electrons. The van der Waals surface area contributed by atoms with Crippen LogP contribution in [0.5, 0.6) is 0 Å². The zero-order valence-corrected chi connectivity index (χ0v) is 14.8. The minimum Gasteiger partial charge on any atom is -0.368 e. The van der Waals surface area contributed by atoms with Crippen LogP contribution in [0, 0.1) is 11.7 Å². The number of carbonyl (C=O) groups is 2. The molecule has 138 valence electrons. The van der Waals surface area contributed by atoms with Crippen molar-refractivity contribution < 1.29 is 14.0 Å². The molecule has 2 aromatic rings. The highest BCUT2D eigenvalue weighted by Gasteiger charge is 2.31. The molecule has 1 aliphatic heterocycles. The number of anilines is 1. The van der Waals surface area contributed by atoms with Crippen LogP contribution in [-0.4, -0.2) is 32.6 Å². The van der Waals surface area contributed by atoms with Crippen molar-refractivity contribution in [2.45, 2.75) is 32.9 Å². The molecular formula is C17H21FN6O2. The van der Waals surface area contributed by atoms with E-state index in [-0.39, 0.29) is 35.3 Å². The van der Waals surface area contributed by atoms with E-state index in [0.29, 0.717) is 17.7 Å². The first-order chi connectivity index (χ1) is 12.3. The summed E-state index contributed by atoms with van der Waals surface area (Å²) in [5.41, 5.74) is 6.76. The molecule has 0 aliphatic carbocycles. The molecule has 0 saturated heterocycles. The van der Waals surface area contributed by atoms with Crippen LogP contribution in [0.1, 0.15) is 36.2 Å². The number of aryl methyl sites for hydroxylation is 1. The Morgan fingerprint density at radius 2 is 2.23 bits per heavy atom. The Kier molecular flexibility index (Phi) is 4.62. The van der Waals surface area contributed by atoms with Crippen LogP contribution >= 0.6 is 0 Å². The lowest BCUT2D eigenvalue weighted by Crippen LogP contribution is -2.37. The Labute approximate surface area is 150 Å². The highest BCUT2D eigenvalue weighted by molar-refractivity contribution is 6.04. The molecule has 0 bridgehead atoms. The van der Waals surface area contributed by atoms with E-state index >= 15 is 0 Å². The molecule has 3 rings (SSSR count). The van der Waals surface area contributed by atoms with Crippen LogP contribution in [0.25, 0.3) is 11.3 Å². The van der Waals surface area contributed by atoms with E-state index in [2.05, 4.69) is 20.7 Å². The molecule has 1 atom stereocenters. The summed E-state index contributed by atoms with van der Waals surface area (Å²) >= 11 is 0. The predicted molar refractivity (Wildman–Crippen MR) is 93.6 cm³/mol. The Morgan fingerprint density at radius 1 is 1.50 bits per heavy atom. The van der Waals surface area contributed by atoms with Crippen molar-refractivity contribution in [3.8, 4) is 11.3 Å². The van der Waals surface area contributed by atoms with Crippen LogP contribution < -0.4 is 16.4 Å². The van der Waals surface area contributed by atoms with Crippen LogP contribution in [0.3, 0.4) is 0 Å². The molecule has 8 nitrogen and oxygen atoms in total. The van der Waals surface area contributed by atoms with Gasteiger partial charge in [0.25, 0.3) is 5.91 Å². The smallest absolute Gasteiger partial charge is 0.254 e. The van der Waals surface area contributed by atoms with E-state index in [1.54, 1.807) is 24.1 Å². The fourth-order valence-electron chi connectivity index (χ4n) is 3.01. The second kappa shape index (κ2) is 6.74. The summed E-state index contributed by atoms with van der Waals surface area (Å²) < 4.78 is 16.5. The second-order valence-electron chi connectivity index (χ2n) is 6.79. The fraction of sp³-hybridized carbons (Fsp3) is 0.412. The number of fused-ring (bicyclic) bond motifs is 1. The zero-order chi connectivity index (χ0) is 19.0. The summed E-state index contributed by atoms with van der Waals surface area (Å²) in [6.45, 7) is 3.94. The highest BCUT2D eigenvalue weighted by atomic mass is 19.1. The number of pyridine rings is 1. The Morgan fingerprint density at radius 3 is 2.81 bits per heavy atom. The molecule has 2 amide bonds. The van der Waals surface area contributed by atoms with Crippen molar-refractivity contribution in [1.29, 1.82) is 0 Å². The average Bonchev–Trinajstić information content (AvgIpc) is 3.15. The first-order valence-electron chi connectivity index (χ1n) is 8.33. The third-order valence-electron chi connectivity index (χ3n) is 4.23. The maximum absolute atomic E-state index is 14.9. The van der Waals surface area contributed by atoms with Gasteiger partial charge in [0.1, 0.15) is 6.04 Å². The van der Waals surface area contributed by atoms with Crippen molar-refractivity contribution in [3.05, 3.63) is 29.3 Å². The van der Waals surface area contributed by atoms with E-state index in [1.165, 1.54) is 0 Å². The molecule has 0 saturated carbocycles. The number of amides is 2. The van der Waals surface area contributed by atoms with E-state index in [9.17, 15) is 14.0 Å². The number of primary amides is 1. The number of hydrogen-bond donors (Lipinski definition) is 3. The quantitative estimate of drug-likeness (QED) is 0.715. The van der Waals surface area contributed by atoms with Gasteiger partial charge in [0.05, 0.1) is 17.5 Å². The molecule has 2 aromatic heterocycles. The van der Waals surface area contributed by atoms with Crippen molar-refractivity contribution in [2.75, 3.05) is 5.32 Å². The van der Waals surface area contributed by atoms with E-state index < -0.39 is 17.8 Å². The molecule has 1 unspecified atom stereocenters. The second-order valence-corrected chi connectivity index (χ2v) is 6.79. The Bertz CT molecular complexity index is 876. The van der Waals surface area contributed by atoms with Gasteiger partial charge >= 0.3 is 0 Å². The van der Waals surface area contributed by atoms with Gasteiger partial charge in [-0.2, -0.15) is 5.10 Å². The van der Waals surface area contributed by atoms with Crippen molar-refractivity contribution >= 4 is 17.6 Å². The SMILES string of the molecule is CC(C)CC(Nc1nc(-c2cnn(C)c2)c2c(c1F)CNC2=O)C(N)=O. The van der Waals surface area contributed by atoms with Crippen molar-refractivity contribution in [1.82, 2.24) is 20.1 Å². The summed E-state index contributed by atoms with van der Waals surface area (Å²) in [5.74, 6) is -1.54. The molecule has 3 heterocycles. The van der Waals surface area contributed by atoms with Gasteiger partial charge in [0.15, 0.2) is 11.6 Å². The molecular weight excluding hydrogens is 339 g/mol. The molecule has 9 heteroatoms. The molecule has 0 fully saturated rings. The Balaban J connectivity index is 2.09. The van der Waals surface area contributed by atoms with Crippen LogP contribution in [-0.2, 0) is 18.4 Å². The molecule has 4 N–H and O–H groups in total. The molecule has 0 spiro atoms. The number of halogens is 1. The number of carbonyl (C=O) groups excluding carboxylic acids is 2. The standard InChI is InChI=1S/C17H21FN6O2/c1-8(2)4-11(15(19)25)22-16-13(18)10-6-20-17(26)12(10)14(23-16)9-5-21-24(3)7-9/h5,7-8,11H,4,6H2,1-3H3,(H2,19,25)(H,20,26)(H,22,23). The van der Waals surface area contributed by atoms with Gasteiger partial charge in [-0.3, -0.25) is 14.3 Å². The normalized spacial score (nSPS) is 14.3. The lowest BCUT2D eigenvalue weighted by molar-refractivity contribution is -0.119. The topological polar surface area (TPSA) is 115 Å². The average molecular weight is 360 g/mol. The number of nitrogens with zero attached hydrogens (tertiary/aromatic N) is 3. The lowest BCUT2D eigenvalue weighted by Gasteiger charge is -2.19. The minimum absolute atomic E-state index is 0.0654. The maximum Gasteiger partial charge on any atom is 0.254 e. The molecule has 1 aliphatic rings. The monoisotopic (exact) mass is 360 g/mol. The van der Waals surface area contributed by atoms with Gasteiger partial charge in [0.2, 0.25) is 5.91 Å². The molecule has 0 aromatic carbocycles. The number of nitrogens with one attached hydrogen (secondary N) is 2. The van der Waals surface area contributed by atoms with Crippen LogP contribution in [0.15, 0.2) is 12.4 Å². The van der Waals surface area contributed by atoms with E-state index in [0.717, 1.165) is 0 Å². The van der Waals surface area contributed by atoms with Gasteiger partial charge in [-0.25, -0.2) is 9.37 Å². The van der Waals surface area contributed by atoms with Gasteiger partial charge in [0, 0.05) is 30.9 Å². The number of hydrogen-bond acceptors (Lipinski definition) is 5. The summed E-state index contributed by atoms with van der Waals surface area (Å²) in [7, 11) is 1.73. The third kappa shape index (κ3) is 3.24. The lowest BCUT2D eigenvalue weighted by atomic mass is 10.0. The van der Waals surface area contributed by atoms with Crippen LogP contribution in [0.2, 0.25) is 0 Å². The summed E-state index contributed by atoms with van der Waals surface area (Å²) in [6, 6.07) is -0.762. The summed E-state index contributed by atoms with van der Waals surface area (Å²) in [5, 5.41) is 9.51. The van der Waals surface area contributed by atoms with Gasteiger partial charge < -0.3 is 16.4 Å². The first-order valence-corrected chi connectivity index (χ1v) is 8.33. The van der Waals surface area contributed by atoms with E-state index in [1.807, 2.05) is 13.8 Å². The Hall–Kier alpha value is -2.97. The first kappa shape index (κ1) is 17.8. The predicted octanol–water partition coefficient (Wildman–Crippen LogP) is 1.18. The van der Waals surface area contributed by atoms with Crippen LogP contribution in [0.4, 0.5) is 10.2 Å². The maximum atomic E-state index is 14.9. The van der Waals surface area contributed by atoms with Crippen molar-refractivity contribution in [3.63, 3.8) is 0 Å². The number of aromatic nitrogens is 3. The fourth-order valence-corrected chi connectivity index (χ4v) is 3.01. The number of rotatable bonds is 6. The summed E-state index contributed by atoms with van der Waals surface area (Å²) in [6.07, 6.45) is 3.68. The molecule has 26 heavy (non-hydrogen) atoms.